The van der Waals surface area contributed by atoms with Crippen molar-refractivity contribution >= 4 is 6.29 Å². The highest BCUT2D eigenvalue weighted by atomic mass is 16.3. The van der Waals surface area contributed by atoms with Crippen LogP contribution in [0.5, 0.6) is 0 Å². The number of likely N-dealkylation sites (tertiary alicyclic amines) is 1. The molecule has 1 N–H and O–H groups in total. The minimum absolute atomic E-state index is 0.0709. The number of nitrogens with zero attached hydrogens (tertiary/aromatic N) is 1. The summed E-state index contributed by atoms with van der Waals surface area (Å²) in [5, 5.41) is 9.15. The van der Waals surface area contributed by atoms with Crippen molar-refractivity contribution in [2.45, 2.75) is 45.4 Å². The van der Waals surface area contributed by atoms with Gasteiger partial charge in [0.15, 0.2) is 0 Å². The first-order valence-electron chi connectivity index (χ1n) is 7.47. The third-order valence-corrected chi connectivity index (χ3v) is 5.02. The Balaban J connectivity index is 1.85. The summed E-state index contributed by atoms with van der Waals surface area (Å²) in [4.78, 5) is 14.0. The van der Waals surface area contributed by atoms with Crippen LogP contribution >= 0.6 is 0 Å². The van der Waals surface area contributed by atoms with Crippen molar-refractivity contribution in [3.63, 3.8) is 0 Å². The molecule has 0 bridgehead atoms. The summed E-state index contributed by atoms with van der Waals surface area (Å²) in [6.45, 7) is 5.67. The van der Waals surface area contributed by atoms with Gasteiger partial charge in [0.1, 0.15) is 6.29 Å². The SMILES string of the molecule is CC1CCC(C=O)(CN2CCC(CO)CC2)CC1. The first-order chi connectivity index (χ1) is 8.67. The lowest BCUT2D eigenvalue weighted by Crippen LogP contribution is -2.44. The molecular formula is C15H27NO2. The molecule has 18 heavy (non-hydrogen) atoms. The lowest BCUT2D eigenvalue weighted by molar-refractivity contribution is -0.120. The molecule has 0 spiro atoms. The fourth-order valence-corrected chi connectivity index (χ4v) is 3.42. The first kappa shape index (κ1) is 14.0. The van der Waals surface area contributed by atoms with Crippen LogP contribution in [0.3, 0.4) is 0 Å². The van der Waals surface area contributed by atoms with E-state index in [4.69, 9.17) is 5.11 Å². The van der Waals surface area contributed by atoms with Crippen molar-refractivity contribution in [3.8, 4) is 0 Å². The summed E-state index contributed by atoms with van der Waals surface area (Å²) in [5.41, 5.74) is -0.0709. The number of rotatable bonds is 4. The van der Waals surface area contributed by atoms with Gasteiger partial charge < -0.3 is 14.8 Å². The van der Waals surface area contributed by atoms with Crippen LogP contribution in [0.4, 0.5) is 0 Å². The Morgan fingerprint density at radius 3 is 2.33 bits per heavy atom. The average molecular weight is 253 g/mol. The van der Waals surface area contributed by atoms with Crippen molar-refractivity contribution in [2.24, 2.45) is 17.3 Å². The van der Waals surface area contributed by atoms with Crippen molar-refractivity contribution in [2.75, 3.05) is 26.2 Å². The number of carbonyl (C=O) groups excluding carboxylic acids is 1. The maximum atomic E-state index is 11.5. The maximum Gasteiger partial charge on any atom is 0.127 e. The Labute approximate surface area is 111 Å². The van der Waals surface area contributed by atoms with E-state index < -0.39 is 0 Å². The summed E-state index contributed by atoms with van der Waals surface area (Å²) in [6.07, 6.45) is 7.94. The molecule has 1 saturated heterocycles. The second-order valence-corrected chi connectivity index (χ2v) is 6.56. The Morgan fingerprint density at radius 1 is 1.22 bits per heavy atom. The van der Waals surface area contributed by atoms with Gasteiger partial charge in [0.25, 0.3) is 0 Å². The Kier molecular flexibility index (Phi) is 4.79. The van der Waals surface area contributed by atoms with Crippen molar-refractivity contribution in [1.82, 2.24) is 4.90 Å². The molecule has 0 amide bonds. The molecule has 0 aromatic heterocycles. The normalized spacial score (nSPS) is 35.6. The van der Waals surface area contributed by atoms with Crippen LogP contribution in [0, 0.1) is 17.3 Å². The zero-order valence-corrected chi connectivity index (χ0v) is 11.6. The lowest BCUT2D eigenvalue weighted by Gasteiger charge is -2.41. The summed E-state index contributed by atoms with van der Waals surface area (Å²) < 4.78 is 0. The molecule has 2 aliphatic rings. The number of hydrogen-bond donors (Lipinski definition) is 1. The zero-order valence-electron chi connectivity index (χ0n) is 11.6. The van der Waals surface area contributed by atoms with Gasteiger partial charge in [0.05, 0.1) is 0 Å². The molecule has 1 aliphatic heterocycles. The van der Waals surface area contributed by atoms with Gasteiger partial charge in [-0.3, -0.25) is 0 Å². The Morgan fingerprint density at radius 2 is 1.83 bits per heavy atom. The Hall–Kier alpha value is -0.410. The lowest BCUT2D eigenvalue weighted by atomic mass is 9.71. The second kappa shape index (κ2) is 6.16. The molecule has 3 nitrogen and oxygen atoms in total. The van der Waals surface area contributed by atoms with Crippen LogP contribution in [-0.2, 0) is 4.79 Å². The molecule has 104 valence electrons. The summed E-state index contributed by atoms with van der Waals surface area (Å²) in [7, 11) is 0. The fourth-order valence-electron chi connectivity index (χ4n) is 3.42. The molecule has 0 radical (unpaired) electrons. The van der Waals surface area contributed by atoms with Crippen LogP contribution in [0.25, 0.3) is 0 Å². The molecule has 1 heterocycles. The molecular weight excluding hydrogens is 226 g/mol. The predicted molar refractivity (Wildman–Crippen MR) is 72.4 cm³/mol. The minimum atomic E-state index is -0.0709. The van der Waals surface area contributed by atoms with Gasteiger partial charge in [-0.1, -0.05) is 6.92 Å². The van der Waals surface area contributed by atoms with E-state index in [1.54, 1.807) is 0 Å². The van der Waals surface area contributed by atoms with Gasteiger partial charge in [-0.25, -0.2) is 0 Å². The summed E-state index contributed by atoms with van der Waals surface area (Å²) in [5.74, 6) is 1.28. The molecule has 2 fully saturated rings. The van der Waals surface area contributed by atoms with Gasteiger partial charge in [-0.15, -0.1) is 0 Å². The van der Waals surface area contributed by atoms with E-state index in [9.17, 15) is 4.79 Å². The molecule has 1 saturated carbocycles. The van der Waals surface area contributed by atoms with Gasteiger partial charge in [-0.05, 0) is 63.5 Å². The van der Waals surface area contributed by atoms with Gasteiger partial charge in [0.2, 0.25) is 0 Å². The minimum Gasteiger partial charge on any atom is -0.396 e. The monoisotopic (exact) mass is 253 g/mol. The molecule has 2 rings (SSSR count). The molecule has 0 aromatic carbocycles. The van der Waals surface area contributed by atoms with Crippen molar-refractivity contribution < 1.29 is 9.90 Å². The first-order valence-corrected chi connectivity index (χ1v) is 7.47. The van der Waals surface area contributed by atoms with Crippen molar-refractivity contribution in [1.29, 1.82) is 0 Å². The maximum absolute atomic E-state index is 11.5. The third kappa shape index (κ3) is 3.33. The number of carbonyl (C=O) groups is 1. The Bertz CT molecular complexity index is 264. The van der Waals surface area contributed by atoms with E-state index in [1.807, 2.05) is 0 Å². The second-order valence-electron chi connectivity index (χ2n) is 6.56. The quantitative estimate of drug-likeness (QED) is 0.780. The smallest absolute Gasteiger partial charge is 0.127 e. The van der Waals surface area contributed by atoms with E-state index in [0.717, 1.165) is 51.2 Å². The highest BCUT2D eigenvalue weighted by molar-refractivity contribution is 5.60. The standard InChI is InChI=1S/C15H27NO2/c1-13-2-6-15(12-18,7-3-13)11-16-8-4-14(10-17)5-9-16/h12-14,17H,2-11H2,1H3. The van der Waals surface area contributed by atoms with Crippen LogP contribution in [0.2, 0.25) is 0 Å². The summed E-state index contributed by atoms with van der Waals surface area (Å²) in [6, 6.07) is 0. The van der Waals surface area contributed by atoms with Crippen LogP contribution in [-0.4, -0.2) is 42.5 Å². The number of aldehydes is 1. The average Bonchev–Trinajstić information content (AvgIpc) is 2.43. The molecule has 0 atom stereocenters. The van der Waals surface area contributed by atoms with E-state index in [-0.39, 0.29) is 5.41 Å². The fraction of sp³-hybridized carbons (Fsp3) is 0.933. The third-order valence-electron chi connectivity index (χ3n) is 5.02. The van der Waals surface area contributed by atoms with Gasteiger partial charge in [0, 0.05) is 18.6 Å². The number of hydrogen-bond acceptors (Lipinski definition) is 3. The highest BCUT2D eigenvalue weighted by Crippen LogP contribution is 2.38. The predicted octanol–water partition coefficient (Wildman–Crippen LogP) is 2.09. The van der Waals surface area contributed by atoms with E-state index in [1.165, 1.54) is 19.1 Å². The molecule has 0 aromatic rings. The molecule has 3 heteroatoms. The van der Waals surface area contributed by atoms with Crippen LogP contribution in [0.15, 0.2) is 0 Å². The van der Waals surface area contributed by atoms with Gasteiger partial charge >= 0.3 is 0 Å². The van der Waals surface area contributed by atoms with Crippen LogP contribution in [0.1, 0.15) is 45.4 Å². The number of aliphatic hydroxyl groups excluding tert-OH is 1. The van der Waals surface area contributed by atoms with Crippen LogP contribution < -0.4 is 0 Å². The molecule has 1 aliphatic carbocycles. The van der Waals surface area contributed by atoms with E-state index in [0.29, 0.717) is 12.5 Å². The number of aliphatic hydroxyl groups is 1. The number of piperidine rings is 1. The topological polar surface area (TPSA) is 40.5 Å². The van der Waals surface area contributed by atoms with Gasteiger partial charge in [-0.2, -0.15) is 0 Å². The largest absolute Gasteiger partial charge is 0.396 e. The highest BCUT2D eigenvalue weighted by Gasteiger charge is 2.36. The van der Waals surface area contributed by atoms with E-state index in [2.05, 4.69) is 11.8 Å². The van der Waals surface area contributed by atoms with E-state index >= 15 is 0 Å². The van der Waals surface area contributed by atoms with Crippen molar-refractivity contribution in [3.05, 3.63) is 0 Å². The molecule has 0 unspecified atom stereocenters. The summed E-state index contributed by atoms with van der Waals surface area (Å²) >= 11 is 0. The zero-order chi connectivity index (χ0) is 13.0.